The molecule has 0 saturated carbocycles. The maximum atomic E-state index is 12.4. The van der Waals surface area contributed by atoms with Crippen molar-refractivity contribution in [3.05, 3.63) is 42.2 Å². The first kappa shape index (κ1) is 15.1. The molecule has 0 N–H and O–H groups in total. The van der Waals surface area contributed by atoms with Crippen molar-refractivity contribution in [1.82, 2.24) is 4.98 Å². The van der Waals surface area contributed by atoms with E-state index in [4.69, 9.17) is 9.47 Å². The van der Waals surface area contributed by atoms with Crippen molar-refractivity contribution in [2.75, 3.05) is 25.2 Å². The quantitative estimate of drug-likeness (QED) is 0.868. The molecule has 1 unspecified atom stereocenters. The summed E-state index contributed by atoms with van der Waals surface area (Å²) < 4.78 is 11.0. The van der Waals surface area contributed by atoms with E-state index < -0.39 is 0 Å². The average Bonchev–Trinajstić information content (AvgIpc) is 3.23. The number of ether oxygens (including phenoxy) is 2. The Bertz CT molecular complexity index is 769. The number of benzene rings is 1. The van der Waals surface area contributed by atoms with E-state index in [9.17, 15) is 4.79 Å². The predicted molar refractivity (Wildman–Crippen MR) is 91.3 cm³/mol. The zero-order valence-electron chi connectivity index (χ0n) is 13.7. The van der Waals surface area contributed by atoms with Gasteiger partial charge in [0.2, 0.25) is 5.91 Å². The van der Waals surface area contributed by atoms with Gasteiger partial charge in [0.05, 0.1) is 37.6 Å². The summed E-state index contributed by atoms with van der Waals surface area (Å²) in [5.74, 6) is 0.913. The zero-order valence-corrected chi connectivity index (χ0v) is 13.7. The van der Waals surface area contributed by atoms with Crippen molar-refractivity contribution in [2.24, 2.45) is 0 Å². The number of amides is 1. The molecule has 0 aliphatic carbocycles. The van der Waals surface area contributed by atoms with Crippen LogP contribution in [0, 0.1) is 0 Å². The monoisotopic (exact) mass is 324 g/mol. The normalized spacial score (nSPS) is 19.6. The second kappa shape index (κ2) is 6.24. The first-order chi connectivity index (χ1) is 11.7. The Morgan fingerprint density at radius 1 is 1.33 bits per heavy atom. The van der Waals surface area contributed by atoms with Gasteiger partial charge in [0.15, 0.2) is 0 Å². The summed E-state index contributed by atoms with van der Waals surface area (Å²) in [5, 5.41) is 0. The number of pyridine rings is 1. The molecule has 1 saturated heterocycles. The number of hydrogen-bond acceptors (Lipinski definition) is 4. The van der Waals surface area contributed by atoms with Crippen LogP contribution in [0.5, 0.6) is 5.75 Å². The molecule has 4 rings (SSSR count). The standard InChI is InChI=1S/C19H20N2O3/c1-23-15-5-2-4-13(8-15)14-9-18-17(20-11-14)10-19(22)21(18)12-16-6-3-7-24-16/h2,4-5,8-9,11,16H,3,6-7,10,12H2,1H3. The van der Waals surface area contributed by atoms with Crippen LogP contribution in [0.1, 0.15) is 18.5 Å². The van der Waals surface area contributed by atoms with Gasteiger partial charge >= 0.3 is 0 Å². The predicted octanol–water partition coefficient (Wildman–Crippen LogP) is 2.83. The van der Waals surface area contributed by atoms with Crippen LogP contribution in [-0.2, 0) is 16.0 Å². The van der Waals surface area contributed by atoms with Gasteiger partial charge in [-0.05, 0) is 36.6 Å². The van der Waals surface area contributed by atoms with E-state index in [2.05, 4.69) is 11.1 Å². The number of aromatic nitrogens is 1. The smallest absolute Gasteiger partial charge is 0.233 e. The van der Waals surface area contributed by atoms with Crippen molar-refractivity contribution < 1.29 is 14.3 Å². The topological polar surface area (TPSA) is 51.7 Å². The van der Waals surface area contributed by atoms with Gasteiger partial charge in [-0.25, -0.2) is 0 Å². The van der Waals surface area contributed by atoms with Crippen LogP contribution >= 0.6 is 0 Å². The number of fused-ring (bicyclic) bond motifs is 1. The van der Waals surface area contributed by atoms with E-state index in [1.807, 2.05) is 35.4 Å². The highest BCUT2D eigenvalue weighted by atomic mass is 16.5. The molecule has 1 fully saturated rings. The first-order valence-electron chi connectivity index (χ1n) is 8.30. The number of carbonyl (C=O) groups is 1. The van der Waals surface area contributed by atoms with E-state index in [1.54, 1.807) is 7.11 Å². The molecular weight excluding hydrogens is 304 g/mol. The van der Waals surface area contributed by atoms with E-state index >= 15 is 0 Å². The molecule has 1 aromatic heterocycles. The third-order valence-electron chi connectivity index (χ3n) is 4.67. The summed E-state index contributed by atoms with van der Waals surface area (Å²) in [7, 11) is 1.65. The highest BCUT2D eigenvalue weighted by Crippen LogP contribution is 2.33. The molecule has 2 aromatic rings. The molecule has 0 bridgehead atoms. The Labute approximate surface area is 141 Å². The summed E-state index contributed by atoms with van der Waals surface area (Å²) >= 11 is 0. The lowest BCUT2D eigenvalue weighted by atomic mass is 10.1. The molecule has 5 heteroatoms. The lowest BCUT2D eigenvalue weighted by Crippen LogP contribution is -2.34. The Morgan fingerprint density at radius 3 is 3.04 bits per heavy atom. The Kier molecular flexibility index (Phi) is 3.94. The second-order valence-electron chi connectivity index (χ2n) is 6.24. The Balaban J connectivity index is 1.66. The summed E-state index contributed by atoms with van der Waals surface area (Å²) in [6.07, 6.45) is 4.43. The molecule has 2 aliphatic rings. The highest BCUT2D eigenvalue weighted by Gasteiger charge is 2.31. The molecular formula is C19H20N2O3. The molecule has 124 valence electrons. The number of nitrogens with zero attached hydrogens (tertiary/aromatic N) is 2. The third-order valence-corrected chi connectivity index (χ3v) is 4.67. The maximum Gasteiger partial charge on any atom is 0.233 e. The van der Waals surface area contributed by atoms with Gasteiger partial charge in [0.25, 0.3) is 0 Å². The fraction of sp³-hybridized carbons (Fsp3) is 0.368. The first-order valence-corrected chi connectivity index (χ1v) is 8.30. The summed E-state index contributed by atoms with van der Waals surface area (Å²) in [6, 6.07) is 9.92. The minimum Gasteiger partial charge on any atom is -0.497 e. The summed E-state index contributed by atoms with van der Waals surface area (Å²) in [6.45, 7) is 1.41. The third kappa shape index (κ3) is 2.76. The van der Waals surface area contributed by atoms with Crippen molar-refractivity contribution in [1.29, 1.82) is 0 Å². The van der Waals surface area contributed by atoms with Crippen LogP contribution in [0.25, 0.3) is 11.1 Å². The molecule has 5 nitrogen and oxygen atoms in total. The molecule has 1 aromatic carbocycles. The fourth-order valence-electron chi connectivity index (χ4n) is 3.38. The highest BCUT2D eigenvalue weighted by molar-refractivity contribution is 6.01. The minimum absolute atomic E-state index is 0.107. The molecule has 0 spiro atoms. The van der Waals surface area contributed by atoms with Gasteiger partial charge in [-0.2, -0.15) is 0 Å². The van der Waals surface area contributed by atoms with Crippen LogP contribution in [0.4, 0.5) is 5.69 Å². The van der Waals surface area contributed by atoms with Gasteiger partial charge in [-0.15, -0.1) is 0 Å². The number of rotatable bonds is 4. The molecule has 1 amide bonds. The summed E-state index contributed by atoms with van der Waals surface area (Å²) in [5.41, 5.74) is 3.78. The Morgan fingerprint density at radius 2 is 2.25 bits per heavy atom. The van der Waals surface area contributed by atoms with Crippen molar-refractivity contribution in [3.63, 3.8) is 0 Å². The maximum absolute atomic E-state index is 12.4. The van der Waals surface area contributed by atoms with E-state index in [-0.39, 0.29) is 12.0 Å². The van der Waals surface area contributed by atoms with Gasteiger partial charge in [-0.3, -0.25) is 9.78 Å². The molecule has 3 heterocycles. The van der Waals surface area contributed by atoms with E-state index in [0.717, 1.165) is 47.7 Å². The van der Waals surface area contributed by atoms with Gasteiger partial charge in [0, 0.05) is 18.4 Å². The van der Waals surface area contributed by atoms with Gasteiger partial charge in [-0.1, -0.05) is 12.1 Å². The zero-order chi connectivity index (χ0) is 16.5. The van der Waals surface area contributed by atoms with E-state index in [0.29, 0.717) is 13.0 Å². The van der Waals surface area contributed by atoms with Crippen LogP contribution < -0.4 is 9.64 Å². The van der Waals surface area contributed by atoms with Crippen molar-refractivity contribution in [3.8, 4) is 16.9 Å². The number of anilines is 1. The minimum atomic E-state index is 0.107. The number of hydrogen-bond donors (Lipinski definition) is 0. The van der Waals surface area contributed by atoms with Crippen LogP contribution in [0.2, 0.25) is 0 Å². The van der Waals surface area contributed by atoms with Crippen LogP contribution in [0.3, 0.4) is 0 Å². The average molecular weight is 324 g/mol. The number of carbonyl (C=O) groups excluding carboxylic acids is 1. The summed E-state index contributed by atoms with van der Waals surface area (Å²) in [4.78, 5) is 18.7. The second-order valence-corrected chi connectivity index (χ2v) is 6.24. The van der Waals surface area contributed by atoms with E-state index in [1.165, 1.54) is 0 Å². The lowest BCUT2D eigenvalue weighted by molar-refractivity contribution is -0.117. The van der Waals surface area contributed by atoms with Crippen LogP contribution in [-0.4, -0.2) is 37.3 Å². The van der Waals surface area contributed by atoms with Gasteiger partial charge in [0.1, 0.15) is 5.75 Å². The molecule has 1 atom stereocenters. The largest absolute Gasteiger partial charge is 0.497 e. The number of methoxy groups -OCH3 is 1. The fourth-order valence-corrected chi connectivity index (χ4v) is 3.38. The van der Waals surface area contributed by atoms with Crippen molar-refractivity contribution in [2.45, 2.75) is 25.4 Å². The lowest BCUT2D eigenvalue weighted by Gasteiger charge is -2.21. The SMILES string of the molecule is COc1cccc(-c2cnc3c(c2)N(CC2CCCO2)C(=O)C3)c1. The molecule has 24 heavy (non-hydrogen) atoms. The molecule has 2 aliphatic heterocycles. The van der Waals surface area contributed by atoms with Crippen LogP contribution in [0.15, 0.2) is 36.5 Å². The Hall–Kier alpha value is -2.40. The van der Waals surface area contributed by atoms with Crippen molar-refractivity contribution >= 4 is 11.6 Å². The van der Waals surface area contributed by atoms with Gasteiger partial charge < -0.3 is 14.4 Å². The molecule has 0 radical (unpaired) electrons.